The van der Waals surface area contributed by atoms with Crippen LogP contribution in [0.3, 0.4) is 0 Å². The Kier molecular flexibility index (Phi) is 7.09. The first-order chi connectivity index (χ1) is 14.1. The molecule has 0 aliphatic carbocycles. The van der Waals surface area contributed by atoms with Gasteiger partial charge < -0.3 is 15.0 Å². The number of sulfone groups is 1. The molecule has 2 atom stereocenters. The average molecular weight is 437 g/mol. The molecule has 2 aliphatic heterocycles. The van der Waals surface area contributed by atoms with Crippen LogP contribution in [-0.4, -0.2) is 80.1 Å². The molecule has 0 spiro atoms. The second kappa shape index (κ2) is 9.24. The summed E-state index contributed by atoms with van der Waals surface area (Å²) in [6.07, 6.45) is 0.494. The predicted octanol–water partition coefficient (Wildman–Crippen LogP) is 1.88. The molecule has 0 saturated carbocycles. The lowest BCUT2D eigenvalue weighted by Crippen LogP contribution is -2.57. The summed E-state index contributed by atoms with van der Waals surface area (Å²) in [7, 11) is -1.32. The van der Waals surface area contributed by atoms with Crippen molar-refractivity contribution in [2.45, 2.75) is 57.7 Å². The number of aliphatic imine (C=N–C) groups is 1. The number of hydrogen-bond donors (Lipinski definition) is 1. The van der Waals surface area contributed by atoms with E-state index in [-0.39, 0.29) is 18.0 Å². The van der Waals surface area contributed by atoms with E-state index in [1.165, 1.54) is 11.1 Å². The van der Waals surface area contributed by atoms with Crippen LogP contribution in [-0.2, 0) is 27.7 Å². The molecule has 2 saturated heterocycles. The van der Waals surface area contributed by atoms with E-state index in [9.17, 15) is 8.42 Å². The molecule has 3 rings (SSSR count). The minimum atomic E-state index is -3.08. The number of hydrogen-bond acceptors (Lipinski definition) is 5. The van der Waals surface area contributed by atoms with Crippen LogP contribution in [0, 0.1) is 0 Å². The highest BCUT2D eigenvalue weighted by Gasteiger charge is 2.41. The number of morpholine rings is 1. The molecule has 168 valence electrons. The van der Waals surface area contributed by atoms with E-state index < -0.39 is 14.6 Å². The third-order valence-corrected chi connectivity index (χ3v) is 8.53. The van der Waals surface area contributed by atoms with Crippen LogP contribution in [0.2, 0.25) is 0 Å². The van der Waals surface area contributed by atoms with Crippen LogP contribution < -0.4 is 5.32 Å². The number of rotatable bonds is 4. The lowest BCUT2D eigenvalue weighted by Gasteiger charge is -2.39. The molecule has 30 heavy (non-hydrogen) atoms. The highest BCUT2D eigenvalue weighted by atomic mass is 32.2. The number of nitrogens with zero attached hydrogens (tertiary/aromatic N) is 3. The maximum Gasteiger partial charge on any atom is 0.193 e. The molecule has 7 nitrogen and oxygen atoms in total. The molecule has 1 aromatic rings. The third-order valence-electron chi connectivity index (χ3n) is 6.00. The van der Waals surface area contributed by atoms with Crippen molar-refractivity contribution in [3.05, 3.63) is 35.4 Å². The van der Waals surface area contributed by atoms with Gasteiger partial charge in [0.15, 0.2) is 15.8 Å². The van der Waals surface area contributed by atoms with Crippen molar-refractivity contribution in [2.24, 2.45) is 4.99 Å². The second-order valence-corrected chi connectivity index (χ2v) is 11.9. The van der Waals surface area contributed by atoms with E-state index in [1.54, 1.807) is 20.9 Å². The van der Waals surface area contributed by atoms with Gasteiger partial charge in [-0.1, -0.05) is 24.3 Å². The molecule has 8 heteroatoms. The Morgan fingerprint density at radius 3 is 2.43 bits per heavy atom. The fraction of sp³-hybridized carbons (Fsp3) is 0.682. The molecule has 0 radical (unpaired) electrons. The van der Waals surface area contributed by atoms with Gasteiger partial charge in [0.05, 0.1) is 22.7 Å². The maximum atomic E-state index is 12.3. The third kappa shape index (κ3) is 5.34. The van der Waals surface area contributed by atoms with Gasteiger partial charge in [0.1, 0.15) is 0 Å². The summed E-state index contributed by atoms with van der Waals surface area (Å²) in [5.74, 6) is 0.909. The molecular weight excluding hydrogens is 400 g/mol. The number of nitrogens with one attached hydrogen (secondary N) is 1. The summed E-state index contributed by atoms with van der Waals surface area (Å²) in [5.41, 5.74) is 2.53. The molecule has 2 unspecified atom stereocenters. The Hall–Kier alpha value is -1.64. The van der Waals surface area contributed by atoms with Gasteiger partial charge >= 0.3 is 0 Å². The normalized spacial score (nSPS) is 27.1. The van der Waals surface area contributed by atoms with Crippen molar-refractivity contribution in [3.63, 3.8) is 0 Å². The van der Waals surface area contributed by atoms with Gasteiger partial charge in [-0.2, -0.15) is 0 Å². The average Bonchev–Trinajstić information content (AvgIpc) is 2.65. The molecule has 2 fully saturated rings. The number of benzene rings is 1. The zero-order chi connectivity index (χ0) is 21.9. The summed E-state index contributed by atoms with van der Waals surface area (Å²) >= 11 is 0. The molecule has 0 aromatic heterocycles. The molecular formula is C22H36N4O3S. The van der Waals surface area contributed by atoms with Gasteiger partial charge in [0.25, 0.3) is 0 Å². The first-order valence-electron chi connectivity index (χ1n) is 10.7. The van der Waals surface area contributed by atoms with E-state index in [0.29, 0.717) is 19.6 Å². The highest BCUT2D eigenvalue weighted by Crippen LogP contribution is 2.24. The van der Waals surface area contributed by atoms with Crippen molar-refractivity contribution < 1.29 is 13.2 Å². The van der Waals surface area contributed by atoms with E-state index in [2.05, 4.69) is 58.2 Å². The van der Waals surface area contributed by atoms with Crippen LogP contribution in [0.15, 0.2) is 29.3 Å². The number of guanidine groups is 1. The van der Waals surface area contributed by atoms with Gasteiger partial charge in [0.2, 0.25) is 0 Å². The smallest absolute Gasteiger partial charge is 0.193 e. The van der Waals surface area contributed by atoms with Gasteiger partial charge in [-0.05, 0) is 38.8 Å². The summed E-state index contributed by atoms with van der Waals surface area (Å²) in [6.45, 7) is 12.2. The minimum absolute atomic E-state index is 0.157. The predicted molar refractivity (Wildman–Crippen MR) is 121 cm³/mol. The summed E-state index contributed by atoms with van der Waals surface area (Å²) in [6, 6.07) is 8.47. The van der Waals surface area contributed by atoms with Crippen LogP contribution in [0.25, 0.3) is 0 Å². The molecule has 0 amide bonds. The Bertz CT molecular complexity index is 859. The van der Waals surface area contributed by atoms with Crippen LogP contribution in [0.5, 0.6) is 0 Å². The van der Waals surface area contributed by atoms with Gasteiger partial charge in [-0.15, -0.1) is 0 Å². The Balaban J connectivity index is 1.65. The fourth-order valence-corrected chi connectivity index (χ4v) is 5.74. The van der Waals surface area contributed by atoms with E-state index >= 15 is 0 Å². The van der Waals surface area contributed by atoms with Gasteiger partial charge in [-0.3, -0.25) is 9.89 Å². The molecule has 1 N–H and O–H groups in total. The van der Waals surface area contributed by atoms with Crippen molar-refractivity contribution >= 4 is 15.8 Å². The zero-order valence-corrected chi connectivity index (χ0v) is 19.7. The van der Waals surface area contributed by atoms with Crippen LogP contribution in [0.4, 0.5) is 0 Å². The zero-order valence-electron chi connectivity index (χ0n) is 18.9. The van der Waals surface area contributed by atoms with Crippen molar-refractivity contribution in [3.8, 4) is 0 Å². The molecule has 2 aliphatic rings. The lowest BCUT2D eigenvalue weighted by atomic mass is 10.1. The van der Waals surface area contributed by atoms with Crippen molar-refractivity contribution in [2.75, 3.05) is 39.0 Å². The maximum absolute atomic E-state index is 12.3. The Morgan fingerprint density at radius 2 is 1.83 bits per heavy atom. The standard InChI is InChI=1S/C22H36N4O3S/c1-17-13-25(14-18(2)29-17)15-20-9-7-6-8-19(20)12-24-21(23-5)26-10-11-30(27,28)22(3,4)16-26/h6-9,17-18H,10-16H2,1-5H3,(H,23,24). The summed E-state index contributed by atoms with van der Waals surface area (Å²) < 4.78 is 29.7. The fourth-order valence-electron chi connectivity index (χ4n) is 4.37. The van der Waals surface area contributed by atoms with Crippen molar-refractivity contribution in [1.29, 1.82) is 0 Å². The Labute approximate surface area is 181 Å². The summed E-state index contributed by atoms with van der Waals surface area (Å²) in [5, 5.41) is 3.45. The first-order valence-corrected chi connectivity index (χ1v) is 12.4. The SMILES string of the molecule is CN=C(NCc1ccccc1CN1CC(C)OC(C)C1)N1CCS(=O)(=O)C(C)(C)C1. The lowest BCUT2D eigenvalue weighted by molar-refractivity contribution is -0.0705. The highest BCUT2D eigenvalue weighted by molar-refractivity contribution is 7.92. The monoisotopic (exact) mass is 436 g/mol. The van der Waals surface area contributed by atoms with Gasteiger partial charge in [-0.25, -0.2) is 8.42 Å². The summed E-state index contributed by atoms with van der Waals surface area (Å²) in [4.78, 5) is 8.91. The van der Waals surface area contributed by atoms with Gasteiger partial charge in [0, 0.05) is 46.3 Å². The van der Waals surface area contributed by atoms with Crippen LogP contribution >= 0.6 is 0 Å². The minimum Gasteiger partial charge on any atom is -0.373 e. The van der Waals surface area contributed by atoms with E-state index in [4.69, 9.17) is 4.74 Å². The van der Waals surface area contributed by atoms with Crippen LogP contribution in [0.1, 0.15) is 38.8 Å². The van der Waals surface area contributed by atoms with E-state index in [0.717, 1.165) is 25.6 Å². The largest absolute Gasteiger partial charge is 0.373 e. The molecule has 1 aromatic carbocycles. The quantitative estimate of drug-likeness (QED) is 0.574. The Morgan fingerprint density at radius 1 is 1.20 bits per heavy atom. The number of ether oxygens (including phenoxy) is 1. The molecule has 2 heterocycles. The first kappa shape index (κ1) is 23.0. The topological polar surface area (TPSA) is 74.2 Å². The van der Waals surface area contributed by atoms with E-state index in [1.807, 2.05) is 0 Å². The second-order valence-electron chi connectivity index (χ2n) is 9.12. The molecule has 0 bridgehead atoms. The van der Waals surface area contributed by atoms with Crippen molar-refractivity contribution in [1.82, 2.24) is 15.1 Å².